The van der Waals surface area contributed by atoms with Crippen molar-refractivity contribution in [3.8, 4) is 0 Å². The summed E-state index contributed by atoms with van der Waals surface area (Å²) in [6.45, 7) is 9.13. The molecule has 0 aliphatic carbocycles. The Balaban J connectivity index is 0.000000177. The van der Waals surface area contributed by atoms with Crippen LogP contribution < -0.4 is 16.0 Å². The predicted molar refractivity (Wildman–Crippen MR) is 336 cm³/mol. The molecule has 9 rings (SSSR count). The molecule has 3 amide bonds. The summed E-state index contributed by atoms with van der Waals surface area (Å²) < 4.78 is 20.3. The van der Waals surface area contributed by atoms with Gasteiger partial charge in [0.05, 0.1) is 126 Å². The van der Waals surface area contributed by atoms with Crippen molar-refractivity contribution in [1.29, 1.82) is 0 Å². The molecule has 0 saturated carbocycles. The van der Waals surface area contributed by atoms with Gasteiger partial charge in [-0.2, -0.15) is 0 Å². The maximum absolute atomic E-state index is 12.4. The first-order valence-corrected chi connectivity index (χ1v) is 30.4. The molecule has 82 heavy (non-hydrogen) atoms. The Morgan fingerprint density at radius 2 is 0.841 bits per heavy atom. The Morgan fingerprint density at radius 3 is 1.26 bits per heavy atom. The largest absolute Gasteiger partial charge is 0.381 e. The van der Waals surface area contributed by atoms with Crippen LogP contribution in [-0.4, -0.2) is 131 Å². The third kappa shape index (κ3) is 19.6. The van der Waals surface area contributed by atoms with Gasteiger partial charge in [0.15, 0.2) is 0 Å². The summed E-state index contributed by atoms with van der Waals surface area (Å²) in [5.74, 6) is -0.494. The quantitative estimate of drug-likeness (QED) is 0.0784. The molecule has 438 valence electrons. The van der Waals surface area contributed by atoms with Crippen LogP contribution in [0.1, 0.15) is 97.4 Å². The molecule has 3 saturated heterocycles. The van der Waals surface area contributed by atoms with Crippen molar-refractivity contribution in [3.05, 3.63) is 203 Å². The van der Waals surface area contributed by atoms with Crippen molar-refractivity contribution in [2.24, 2.45) is 0 Å². The van der Waals surface area contributed by atoms with Crippen LogP contribution in [-0.2, 0) is 46.9 Å². The number of rotatable bonds is 17. The van der Waals surface area contributed by atoms with Gasteiger partial charge in [-0.15, -0.1) is 0 Å². The summed E-state index contributed by atoms with van der Waals surface area (Å²) in [5, 5.41) is 10.2. The van der Waals surface area contributed by atoms with Gasteiger partial charge in [-0.25, -0.2) is 0 Å². The molecule has 3 aliphatic heterocycles. The van der Waals surface area contributed by atoms with Gasteiger partial charge in [-0.1, -0.05) is 135 Å². The summed E-state index contributed by atoms with van der Waals surface area (Å²) in [6.07, 6.45) is 6.69. The van der Waals surface area contributed by atoms with Crippen LogP contribution in [0.25, 0.3) is 0 Å². The van der Waals surface area contributed by atoms with Gasteiger partial charge in [0, 0.05) is 89.6 Å². The van der Waals surface area contributed by atoms with E-state index < -0.39 is 0 Å². The first-order chi connectivity index (χ1) is 39.2. The molecule has 3 fully saturated rings. The lowest BCUT2D eigenvalue weighted by Crippen LogP contribution is -2.50. The van der Waals surface area contributed by atoms with E-state index in [1.165, 1.54) is 16.7 Å². The second-order valence-electron chi connectivity index (χ2n) is 23.2. The summed E-state index contributed by atoms with van der Waals surface area (Å²) in [6, 6.07) is 44.3. The number of carbonyl (C=O) groups excluding carboxylic acids is 3. The van der Waals surface area contributed by atoms with E-state index in [9.17, 15) is 14.4 Å². The normalized spacial score (nSPS) is 15.5. The first kappa shape index (κ1) is 64.7. The van der Waals surface area contributed by atoms with Gasteiger partial charge >= 0.3 is 0 Å². The van der Waals surface area contributed by atoms with Gasteiger partial charge in [-0.05, 0) is 71.8 Å². The number of carbonyl (C=O) groups is 3. The van der Waals surface area contributed by atoms with E-state index in [4.69, 9.17) is 60.6 Å². The number of amides is 3. The Hall–Kier alpha value is -4.87. The van der Waals surface area contributed by atoms with Crippen molar-refractivity contribution in [3.63, 3.8) is 0 Å². The standard InChI is InChI=1S/C22H27BrN2O2.C22H26Cl2N2O2.C21H24Cl2N2O2/c1-25(2,21-10-12-27-13-11-21)16-18-8-6-17(7-9-18)15-24-22(26)19-4-3-5-20(23)14-19;1-26(2,19-9-11-28-12-10-19)15-17-5-3-16(4-6-17)14-25-22(27)18-7-8-20(23)21(24)13-18;1-25(2,17-10-12-27-13-11-17)14-15-6-8-16(9-7-15)24-21(26)18-4-3-5-19(22)20(18)23/h3-9,14,21H,10-13,15-16H2,1-2H3;3-8,13,19H,9-12,14-15H2,1-2H3;3-9,17H,10-14H2,1-2H3/p+3. The van der Waals surface area contributed by atoms with Gasteiger partial charge < -0.3 is 43.6 Å². The monoisotopic (exact) mass is 1260 g/mol. The first-order valence-electron chi connectivity index (χ1n) is 28.1. The molecule has 0 spiro atoms. The Labute approximate surface area is 514 Å². The smallest absolute Gasteiger partial charge is 0.257 e. The SMILES string of the molecule is C[N+](C)(Cc1ccc(CNC(=O)c2ccc(Cl)c(Cl)c2)cc1)C1CCOCC1.C[N+](C)(Cc1ccc(CNC(=O)c2cccc(Br)c2)cc1)C1CCOCC1.C[N+](C)(Cc1ccc(NC(=O)c2cccc(Cl)c2Cl)cc1)C1CCOCC1. The zero-order valence-electron chi connectivity index (χ0n) is 48.1. The molecule has 6 aromatic carbocycles. The van der Waals surface area contributed by atoms with Crippen LogP contribution in [0.4, 0.5) is 5.69 Å². The number of quaternary nitrogens is 3. The average Bonchev–Trinajstić information content (AvgIpc) is 3.67. The second kappa shape index (κ2) is 30.8. The van der Waals surface area contributed by atoms with Crippen LogP contribution in [0.3, 0.4) is 0 Å². The Bertz CT molecular complexity index is 3040. The van der Waals surface area contributed by atoms with E-state index in [0.29, 0.717) is 63.0 Å². The maximum atomic E-state index is 12.4. The molecule has 3 aliphatic rings. The molecule has 0 atom stereocenters. The zero-order valence-corrected chi connectivity index (χ0v) is 52.7. The lowest BCUT2D eigenvalue weighted by Gasteiger charge is -2.40. The molecule has 6 aromatic rings. The minimum Gasteiger partial charge on any atom is -0.381 e. The zero-order chi connectivity index (χ0) is 58.9. The topological polar surface area (TPSA) is 115 Å². The van der Waals surface area contributed by atoms with Crippen molar-refractivity contribution in [2.75, 3.05) is 87.2 Å². The van der Waals surface area contributed by atoms with E-state index in [1.807, 2.05) is 36.4 Å². The van der Waals surface area contributed by atoms with Gasteiger partial charge in [0.25, 0.3) is 17.7 Å². The minimum absolute atomic E-state index is 0.0577. The second-order valence-corrected chi connectivity index (χ2v) is 25.7. The predicted octanol–water partition coefficient (Wildman–Crippen LogP) is 13.8. The van der Waals surface area contributed by atoms with Crippen molar-refractivity contribution >= 4 is 85.7 Å². The molecule has 0 unspecified atom stereocenters. The van der Waals surface area contributed by atoms with Gasteiger partial charge in [0.1, 0.15) is 19.6 Å². The van der Waals surface area contributed by atoms with E-state index in [2.05, 4.69) is 135 Å². The average molecular weight is 1260 g/mol. The highest BCUT2D eigenvalue weighted by Gasteiger charge is 2.33. The molecule has 0 aromatic heterocycles. The molecule has 12 nitrogen and oxygen atoms in total. The van der Waals surface area contributed by atoms with Crippen LogP contribution in [0.2, 0.25) is 20.1 Å². The van der Waals surface area contributed by atoms with E-state index in [0.717, 1.165) is 133 Å². The number of benzene rings is 6. The third-order valence-corrected chi connectivity index (χ3v) is 18.0. The lowest BCUT2D eigenvalue weighted by molar-refractivity contribution is -0.929. The highest BCUT2D eigenvalue weighted by molar-refractivity contribution is 9.10. The number of hydrogen-bond donors (Lipinski definition) is 3. The van der Waals surface area contributed by atoms with Crippen molar-refractivity contribution in [1.82, 2.24) is 10.6 Å². The molecule has 3 heterocycles. The Morgan fingerprint density at radius 1 is 0.451 bits per heavy atom. The highest BCUT2D eigenvalue weighted by atomic mass is 79.9. The Kier molecular flexibility index (Phi) is 24.3. The van der Waals surface area contributed by atoms with E-state index in [1.54, 1.807) is 36.4 Å². The van der Waals surface area contributed by atoms with Crippen LogP contribution in [0.15, 0.2) is 138 Å². The summed E-state index contributed by atoms with van der Waals surface area (Å²) in [4.78, 5) is 37.0. The fourth-order valence-corrected chi connectivity index (χ4v) is 12.0. The molecular weight excluding hydrogens is 1180 g/mol. The van der Waals surface area contributed by atoms with Crippen LogP contribution in [0, 0.1) is 0 Å². The summed E-state index contributed by atoms with van der Waals surface area (Å²) in [5.41, 5.74) is 8.31. The van der Waals surface area contributed by atoms with E-state index >= 15 is 0 Å². The molecule has 0 radical (unpaired) electrons. The molecule has 0 bridgehead atoms. The number of nitrogens with zero attached hydrogens (tertiary/aromatic N) is 3. The van der Waals surface area contributed by atoms with Crippen molar-refractivity contribution < 1.29 is 42.0 Å². The molecular formula is C65H80BrCl4N6O6+3. The third-order valence-electron chi connectivity index (χ3n) is 15.9. The summed E-state index contributed by atoms with van der Waals surface area (Å²) >= 11 is 27.4. The maximum Gasteiger partial charge on any atom is 0.257 e. The molecule has 17 heteroatoms. The minimum atomic E-state index is -0.270. The fourth-order valence-electron chi connectivity index (χ4n) is 10.9. The van der Waals surface area contributed by atoms with Gasteiger partial charge in [-0.3, -0.25) is 14.4 Å². The highest BCUT2D eigenvalue weighted by Crippen LogP contribution is 2.29. The number of anilines is 1. The molecule has 3 N–H and O–H groups in total. The van der Waals surface area contributed by atoms with Gasteiger partial charge in [0.2, 0.25) is 0 Å². The lowest BCUT2D eigenvalue weighted by atomic mass is 10.0. The number of nitrogens with one attached hydrogen (secondary N) is 3. The van der Waals surface area contributed by atoms with Crippen LogP contribution >= 0.6 is 62.3 Å². The summed E-state index contributed by atoms with van der Waals surface area (Å²) in [7, 11) is 13.7. The van der Waals surface area contributed by atoms with E-state index in [-0.39, 0.29) is 22.7 Å². The fraction of sp³-hybridized carbons (Fsp3) is 0.400. The number of halogens is 5. The number of hydrogen-bond acceptors (Lipinski definition) is 6. The van der Waals surface area contributed by atoms with Crippen LogP contribution in [0.5, 0.6) is 0 Å². The number of ether oxygens (including phenoxy) is 3. The van der Waals surface area contributed by atoms with Crippen molar-refractivity contribution in [2.45, 2.75) is 89.4 Å².